The molecule has 0 aromatic heterocycles. The average Bonchev–Trinajstić information content (AvgIpc) is 2.68. The first kappa shape index (κ1) is 19.4. The van der Waals surface area contributed by atoms with E-state index in [1.54, 1.807) is 29.2 Å². The number of nitrogens with zero attached hydrogens (tertiary/aromatic N) is 1. The SMILES string of the molecule is CC(=O)NC1(C(=O)Nc2cccc(C(=O)N3CCOCC3)c2)CCCCC1. The lowest BCUT2D eigenvalue weighted by Crippen LogP contribution is -2.57. The Labute approximate surface area is 159 Å². The maximum Gasteiger partial charge on any atom is 0.254 e. The first-order valence-electron chi connectivity index (χ1n) is 9.57. The number of benzene rings is 1. The molecule has 1 aromatic carbocycles. The van der Waals surface area contributed by atoms with Crippen LogP contribution in [0, 0.1) is 0 Å². The van der Waals surface area contributed by atoms with E-state index in [1.807, 2.05) is 0 Å². The largest absolute Gasteiger partial charge is 0.378 e. The number of hydrogen-bond donors (Lipinski definition) is 2. The molecule has 0 radical (unpaired) electrons. The van der Waals surface area contributed by atoms with E-state index in [9.17, 15) is 14.4 Å². The Morgan fingerprint density at radius 2 is 1.78 bits per heavy atom. The van der Waals surface area contributed by atoms with Crippen LogP contribution < -0.4 is 10.6 Å². The average molecular weight is 373 g/mol. The van der Waals surface area contributed by atoms with Crippen LogP contribution in [0.5, 0.6) is 0 Å². The van der Waals surface area contributed by atoms with Crippen molar-refractivity contribution < 1.29 is 19.1 Å². The molecular weight excluding hydrogens is 346 g/mol. The van der Waals surface area contributed by atoms with Gasteiger partial charge in [-0.15, -0.1) is 0 Å². The van der Waals surface area contributed by atoms with Crippen molar-refractivity contribution in [2.45, 2.75) is 44.6 Å². The maximum atomic E-state index is 13.0. The number of amides is 3. The Kier molecular flexibility index (Phi) is 6.11. The molecule has 7 nitrogen and oxygen atoms in total. The molecule has 0 spiro atoms. The molecule has 0 unspecified atom stereocenters. The van der Waals surface area contributed by atoms with Crippen LogP contribution in [0.15, 0.2) is 24.3 Å². The predicted molar refractivity (Wildman–Crippen MR) is 101 cm³/mol. The van der Waals surface area contributed by atoms with Gasteiger partial charge in [-0.05, 0) is 31.0 Å². The number of ether oxygens (including phenoxy) is 1. The molecule has 27 heavy (non-hydrogen) atoms. The van der Waals surface area contributed by atoms with Crippen molar-refractivity contribution in [3.05, 3.63) is 29.8 Å². The van der Waals surface area contributed by atoms with Crippen LogP contribution >= 0.6 is 0 Å². The molecule has 1 aromatic rings. The van der Waals surface area contributed by atoms with Gasteiger partial charge in [-0.1, -0.05) is 25.3 Å². The number of carbonyl (C=O) groups excluding carboxylic acids is 3. The smallest absolute Gasteiger partial charge is 0.254 e. The fourth-order valence-corrected chi connectivity index (χ4v) is 3.83. The molecule has 3 rings (SSSR count). The topological polar surface area (TPSA) is 87.7 Å². The number of carbonyl (C=O) groups is 3. The summed E-state index contributed by atoms with van der Waals surface area (Å²) in [5, 5.41) is 5.77. The van der Waals surface area contributed by atoms with Gasteiger partial charge in [0.2, 0.25) is 11.8 Å². The minimum absolute atomic E-state index is 0.0661. The zero-order valence-electron chi connectivity index (χ0n) is 15.8. The number of nitrogens with one attached hydrogen (secondary N) is 2. The number of rotatable bonds is 4. The Morgan fingerprint density at radius 1 is 1.07 bits per heavy atom. The lowest BCUT2D eigenvalue weighted by molar-refractivity contribution is -0.130. The molecule has 1 aliphatic carbocycles. The van der Waals surface area contributed by atoms with E-state index in [4.69, 9.17) is 4.74 Å². The van der Waals surface area contributed by atoms with Gasteiger partial charge in [-0.2, -0.15) is 0 Å². The summed E-state index contributed by atoms with van der Waals surface area (Å²) in [6.45, 7) is 3.66. The summed E-state index contributed by atoms with van der Waals surface area (Å²) in [5.74, 6) is -0.486. The molecule has 1 heterocycles. The van der Waals surface area contributed by atoms with E-state index in [-0.39, 0.29) is 17.7 Å². The molecule has 2 aliphatic rings. The summed E-state index contributed by atoms with van der Waals surface area (Å²) in [5.41, 5.74) is 0.232. The maximum absolute atomic E-state index is 13.0. The summed E-state index contributed by atoms with van der Waals surface area (Å²) < 4.78 is 5.29. The van der Waals surface area contributed by atoms with Crippen molar-refractivity contribution in [3.8, 4) is 0 Å². The number of morpholine rings is 1. The molecule has 0 bridgehead atoms. The fourth-order valence-electron chi connectivity index (χ4n) is 3.83. The van der Waals surface area contributed by atoms with Gasteiger partial charge in [0.05, 0.1) is 13.2 Å². The van der Waals surface area contributed by atoms with Crippen LogP contribution in [-0.2, 0) is 14.3 Å². The normalized spacial score (nSPS) is 19.2. The monoisotopic (exact) mass is 373 g/mol. The van der Waals surface area contributed by atoms with Crippen molar-refractivity contribution in [1.29, 1.82) is 0 Å². The second-order valence-electron chi connectivity index (χ2n) is 7.26. The third-order valence-corrected chi connectivity index (χ3v) is 5.22. The van der Waals surface area contributed by atoms with Crippen LogP contribution in [0.25, 0.3) is 0 Å². The van der Waals surface area contributed by atoms with E-state index < -0.39 is 5.54 Å². The summed E-state index contributed by atoms with van der Waals surface area (Å²) in [4.78, 5) is 39.0. The van der Waals surface area contributed by atoms with Crippen molar-refractivity contribution in [2.75, 3.05) is 31.6 Å². The van der Waals surface area contributed by atoms with E-state index in [2.05, 4.69) is 10.6 Å². The van der Waals surface area contributed by atoms with Gasteiger partial charge in [0.25, 0.3) is 5.91 Å². The molecule has 1 saturated carbocycles. The minimum atomic E-state index is -0.867. The Balaban J connectivity index is 1.73. The Hall–Kier alpha value is -2.41. The lowest BCUT2D eigenvalue weighted by atomic mass is 9.80. The fraction of sp³-hybridized carbons (Fsp3) is 0.550. The summed E-state index contributed by atoms with van der Waals surface area (Å²) >= 11 is 0. The Morgan fingerprint density at radius 3 is 2.44 bits per heavy atom. The molecule has 146 valence electrons. The van der Waals surface area contributed by atoms with Crippen LogP contribution in [0.1, 0.15) is 49.4 Å². The zero-order valence-corrected chi connectivity index (χ0v) is 15.8. The van der Waals surface area contributed by atoms with Gasteiger partial charge in [-0.25, -0.2) is 0 Å². The minimum Gasteiger partial charge on any atom is -0.378 e. The predicted octanol–water partition coefficient (Wildman–Crippen LogP) is 1.94. The molecule has 3 amide bonds. The van der Waals surface area contributed by atoms with E-state index in [0.29, 0.717) is 50.4 Å². The van der Waals surface area contributed by atoms with Gasteiger partial charge >= 0.3 is 0 Å². The number of anilines is 1. The second kappa shape index (κ2) is 8.52. The van der Waals surface area contributed by atoms with Gasteiger partial charge in [-0.3, -0.25) is 14.4 Å². The van der Waals surface area contributed by atoms with E-state index in [1.165, 1.54) is 6.92 Å². The first-order valence-corrected chi connectivity index (χ1v) is 9.57. The summed E-state index contributed by atoms with van der Waals surface area (Å²) in [7, 11) is 0. The molecule has 1 aliphatic heterocycles. The molecule has 1 saturated heterocycles. The molecule has 0 atom stereocenters. The third kappa shape index (κ3) is 4.66. The van der Waals surface area contributed by atoms with Crippen molar-refractivity contribution in [1.82, 2.24) is 10.2 Å². The third-order valence-electron chi connectivity index (χ3n) is 5.22. The molecule has 2 fully saturated rings. The highest BCUT2D eigenvalue weighted by Crippen LogP contribution is 2.30. The van der Waals surface area contributed by atoms with Gasteiger partial charge < -0.3 is 20.3 Å². The van der Waals surface area contributed by atoms with Crippen molar-refractivity contribution >= 4 is 23.4 Å². The first-order chi connectivity index (χ1) is 13.0. The molecular formula is C20H27N3O4. The lowest BCUT2D eigenvalue weighted by Gasteiger charge is -2.36. The van der Waals surface area contributed by atoms with Crippen LogP contribution in [-0.4, -0.2) is 54.5 Å². The van der Waals surface area contributed by atoms with Gasteiger partial charge in [0.1, 0.15) is 5.54 Å². The van der Waals surface area contributed by atoms with E-state index in [0.717, 1.165) is 19.3 Å². The van der Waals surface area contributed by atoms with E-state index >= 15 is 0 Å². The van der Waals surface area contributed by atoms with Crippen LogP contribution in [0.4, 0.5) is 5.69 Å². The highest BCUT2D eigenvalue weighted by Gasteiger charge is 2.40. The zero-order chi connectivity index (χ0) is 19.3. The van der Waals surface area contributed by atoms with Crippen molar-refractivity contribution in [2.24, 2.45) is 0 Å². The number of hydrogen-bond acceptors (Lipinski definition) is 4. The van der Waals surface area contributed by atoms with Gasteiger partial charge in [0, 0.05) is 31.3 Å². The second-order valence-corrected chi connectivity index (χ2v) is 7.26. The van der Waals surface area contributed by atoms with Gasteiger partial charge in [0.15, 0.2) is 0 Å². The van der Waals surface area contributed by atoms with Crippen LogP contribution in [0.3, 0.4) is 0 Å². The quantitative estimate of drug-likeness (QED) is 0.844. The van der Waals surface area contributed by atoms with Crippen molar-refractivity contribution in [3.63, 3.8) is 0 Å². The highest BCUT2D eigenvalue weighted by molar-refractivity contribution is 6.02. The highest BCUT2D eigenvalue weighted by atomic mass is 16.5. The summed E-state index contributed by atoms with van der Waals surface area (Å²) in [6.07, 6.45) is 4.14. The molecule has 7 heteroatoms. The standard InChI is InChI=1S/C20H27N3O4/c1-15(24)22-20(8-3-2-4-9-20)19(26)21-17-7-5-6-16(14-17)18(25)23-10-12-27-13-11-23/h5-7,14H,2-4,8-13H2,1H3,(H,21,26)(H,22,24). The van der Waals surface area contributed by atoms with Crippen LogP contribution in [0.2, 0.25) is 0 Å². The summed E-state index contributed by atoms with van der Waals surface area (Å²) in [6, 6.07) is 6.96. The molecule has 2 N–H and O–H groups in total. The Bertz CT molecular complexity index is 707.